The number of fused-ring (bicyclic) bond motifs is 1. The molecule has 1 aromatic carbocycles. The molecule has 0 spiro atoms. The number of rotatable bonds is 5. The monoisotopic (exact) mass is 301 g/mol. The number of para-hydroxylation sites is 1. The van der Waals surface area contributed by atoms with E-state index in [1.165, 1.54) is 38.5 Å². The van der Waals surface area contributed by atoms with Gasteiger partial charge in [-0.25, -0.2) is 0 Å². The first-order chi connectivity index (χ1) is 10.8. The lowest BCUT2D eigenvalue weighted by Crippen LogP contribution is -2.32. The largest absolute Gasteiger partial charge is 0.493 e. The van der Waals surface area contributed by atoms with Gasteiger partial charge in [0.25, 0.3) is 0 Å². The molecule has 120 valence electrons. The van der Waals surface area contributed by atoms with Crippen molar-refractivity contribution >= 4 is 5.91 Å². The molecule has 3 heteroatoms. The van der Waals surface area contributed by atoms with E-state index in [0.717, 1.165) is 30.1 Å². The first kappa shape index (κ1) is 15.4. The summed E-state index contributed by atoms with van der Waals surface area (Å²) in [6.07, 6.45) is 10.7. The van der Waals surface area contributed by atoms with Gasteiger partial charge in [0.1, 0.15) is 5.75 Å². The molecule has 0 aromatic heterocycles. The van der Waals surface area contributed by atoms with E-state index in [2.05, 4.69) is 11.4 Å². The van der Waals surface area contributed by atoms with Crippen LogP contribution in [0.25, 0.3) is 0 Å². The molecule has 1 aromatic rings. The van der Waals surface area contributed by atoms with Crippen molar-refractivity contribution in [2.45, 2.75) is 63.8 Å². The van der Waals surface area contributed by atoms with E-state index in [-0.39, 0.29) is 11.9 Å². The van der Waals surface area contributed by atoms with Crippen molar-refractivity contribution in [3.63, 3.8) is 0 Å². The van der Waals surface area contributed by atoms with Gasteiger partial charge in [-0.3, -0.25) is 4.79 Å². The molecule has 3 nitrogen and oxygen atoms in total. The molecule has 0 saturated heterocycles. The number of amides is 1. The lowest BCUT2D eigenvalue weighted by molar-refractivity contribution is -0.122. The number of ether oxygens (including phenoxy) is 1. The molecule has 1 aliphatic carbocycles. The van der Waals surface area contributed by atoms with Gasteiger partial charge in [-0.15, -0.1) is 0 Å². The lowest BCUT2D eigenvalue weighted by atomic mass is 9.86. The van der Waals surface area contributed by atoms with Crippen molar-refractivity contribution in [1.82, 2.24) is 5.32 Å². The molecular weight excluding hydrogens is 274 g/mol. The fraction of sp³-hybridized carbons (Fsp3) is 0.632. The van der Waals surface area contributed by atoms with Gasteiger partial charge in [0.2, 0.25) is 5.91 Å². The molecule has 1 atom stereocenters. The van der Waals surface area contributed by atoms with Crippen LogP contribution >= 0.6 is 0 Å². The zero-order valence-corrected chi connectivity index (χ0v) is 13.4. The van der Waals surface area contributed by atoms with Crippen LogP contribution in [0.3, 0.4) is 0 Å². The molecule has 1 heterocycles. The van der Waals surface area contributed by atoms with Gasteiger partial charge >= 0.3 is 0 Å². The Kier molecular flexibility index (Phi) is 5.36. The Bertz CT molecular complexity index is 494. The van der Waals surface area contributed by atoms with Crippen molar-refractivity contribution in [2.75, 3.05) is 6.61 Å². The van der Waals surface area contributed by atoms with Crippen LogP contribution in [0.15, 0.2) is 24.3 Å². The van der Waals surface area contributed by atoms with Gasteiger partial charge < -0.3 is 10.1 Å². The molecule has 0 radical (unpaired) electrons. The number of carbonyl (C=O) groups is 1. The molecule has 2 aliphatic rings. The van der Waals surface area contributed by atoms with Gasteiger partial charge in [-0.05, 0) is 24.8 Å². The smallest absolute Gasteiger partial charge is 0.220 e. The maximum Gasteiger partial charge on any atom is 0.220 e. The lowest BCUT2D eigenvalue weighted by Gasteiger charge is -2.26. The number of nitrogens with one attached hydrogen (secondary N) is 1. The highest BCUT2D eigenvalue weighted by atomic mass is 16.5. The van der Waals surface area contributed by atoms with E-state index >= 15 is 0 Å². The fourth-order valence-corrected chi connectivity index (χ4v) is 3.79. The van der Waals surface area contributed by atoms with E-state index < -0.39 is 0 Å². The first-order valence-electron chi connectivity index (χ1n) is 8.84. The highest BCUT2D eigenvalue weighted by Gasteiger charge is 2.22. The minimum absolute atomic E-state index is 0.118. The van der Waals surface area contributed by atoms with Crippen LogP contribution in [0.5, 0.6) is 5.75 Å². The third kappa shape index (κ3) is 4.02. The van der Waals surface area contributed by atoms with Gasteiger partial charge in [0.15, 0.2) is 0 Å². The van der Waals surface area contributed by atoms with Gasteiger partial charge in [-0.1, -0.05) is 50.3 Å². The summed E-state index contributed by atoms with van der Waals surface area (Å²) in [5.41, 5.74) is 1.12. The number of hydrogen-bond donors (Lipinski definition) is 1. The van der Waals surface area contributed by atoms with Crippen molar-refractivity contribution in [2.24, 2.45) is 5.92 Å². The summed E-state index contributed by atoms with van der Waals surface area (Å²) in [5, 5.41) is 3.19. The van der Waals surface area contributed by atoms with Crippen molar-refractivity contribution in [1.29, 1.82) is 0 Å². The Morgan fingerprint density at radius 1 is 1.14 bits per heavy atom. The minimum Gasteiger partial charge on any atom is -0.493 e. The van der Waals surface area contributed by atoms with Gasteiger partial charge in [0, 0.05) is 18.4 Å². The van der Waals surface area contributed by atoms with E-state index in [0.29, 0.717) is 13.0 Å². The summed E-state index contributed by atoms with van der Waals surface area (Å²) in [7, 11) is 0. The van der Waals surface area contributed by atoms with Crippen molar-refractivity contribution in [3.8, 4) is 5.75 Å². The van der Waals surface area contributed by atoms with Crippen molar-refractivity contribution < 1.29 is 9.53 Å². The van der Waals surface area contributed by atoms with E-state index in [1.807, 2.05) is 18.2 Å². The summed E-state index contributed by atoms with van der Waals surface area (Å²) in [4.78, 5) is 12.2. The van der Waals surface area contributed by atoms with Gasteiger partial charge in [0.05, 0.1) is 12.6 Å². The third-order valence-corrected chi connectivity index (χ3v) is 5.03. The molecule has 1 aliphatic heterocycles. The average Bonchev–Trinajstić information content (AvgIpc) is 2.56. The SMILES string of the molecule is O=C(CCCC1CCCCC1)N[C@@H]1CCOc2ccccc21. The highest BCUT2D eigenvalue weighted by Crippen LogP contribution is 2.32. The first-order valence-corrected chi connectivity index (χ1v) is 8.84. The number of carbonyl (C=O) groups excluding carboxylic acids is 1. The Hall–Kier alpha value is -1.51. The van der Waals surface area contributed by atoms with Crippen LogP contribution in [0.4, 0.5) is 0 Å². The second-order valence-electron chi connectivity index (χ2n) is 6.69. The molecule has 22 heavy (non-hydrogen) atoms. The quantitative estimate of drug-likeness (QED) is 0.876. The van der Waals surface area contributed by atoms with Crippen LogP contribution in [-0.2, 0) is 4.79 Å². The van der Waals surface area contributed by atoms with E-state index in [1.54, 1.807) is 0 Å². The van der Waals surface area contributed by atoms with Crippen LogP contribution in [0.2, 0.25) is 0 Å². The van der Waals surface area contributed by atoms with E-state index in [4.69, 9.17) is 4.74 Å². The van der Waals surface area contributed by atoms with Crippen molar-refractivity contribution in [3.05, 3.63) is 29.8 Å². The molecule has 0 bridgehead atoms. The Labute approximate surface area is 133 Å². The van der Waals surface area contributed by atoms with E-state index in [9.17, 15) is 4.79 Å². The molecule has 1 N–H and O–H groups in total. The third-order valence-electron chi connectivity index (χ3n) is 5.03. The zero-order valence-electron chi connectivity index (χ0n) is 13.4. The van der Waals surface area contributed by atoms with Crippen LogP contribution in [0.1, 0.15) is 69.4 Å². The second kappa shape index (κ2) is 7.66. The normalized spacial score (nSPS) is 21.7. The summed E-state index contributed by atoms with van der Waals surface area (Å²) in [6.45, 7) is 0.685. The standard InChI is InChI=1S/C19H27NO2/c21-19(12-6-9-15-7-2-1-3-8-15)20-17-13-14-22-18-11-5-4-10-16(17)18/h4-5,10-11,15,17H,1-3,6-9,12-14H2,(H,20,21)/t17-/m1/s1. The minimum atomic E-state index is 0.118. The fourth-order valence-electron chi connectivity index (χ4n) is 3.79. The average molecular weight is 301 g/mol. The highest BCUT2D eigenvalue weighted by molar-refractivity contribution is 5.76. The molecule has 1 fully saturated rings. The predicted molar refractivity (Wildman–Crippen MR) is 87.9 cm³/mol. The summed E-state index contributed by atoms with van der Waals surface area (Å²) < 4.78 is 5.64. The van der Waals surface area contributed by atoms with Crippen LogP contribution in [-0.4, -0.2) is 12.5 Å². The zero-order chi connectivity index (χ0) is 15.2. The van der Waals surface area contributed by atoms with Crippen LogP contribution in [0, 0.1) is 5.92 Å². The summed E-state index contributed by atoms with van der Waals surface area (Å²) in [5.74, 6) is 1.98. The molecule has 3 rings (SSSR count). The number of benzene rings is 1. The topological polar surface area (TPSA) is 38.3 Å². The van der Waals surface area contributed by atoms with Crippen LogP contribution < -0.4 is 10.1 Å². The Balaban J connectivity index is 1.44. The maximum atomic E-state index is 12.2. The Morgan fingerprint density at radius 3 is 2.82 bits per heavy atom. The molecule has 1 saturated carbocycles. The maximum absolute atomic E-state index is 12.2. The molecule has 1 amide bonds. The second-order valence-corrected chi connectivity index (χ2v) is 6.69. The molecular formula is C19H27NO2. The van der Waals surface area contributed by atoms with Gasteiger partial charge in [-0.2, -0.15) is 0 Å². The summed E-state index contributed by atoms with van der Waals surface area (Å²) >= 11 is 0. The number of hydrogen-bond acceptors (Lipinski definition) is 2. The predicted octanol–water partition coefficient (Wildman–Crippen LogP) is 4.38. The molecule has 0 unspecified atom stereocenters. The summed E-state index contributed by atoms with van der Waals surface area (Å²) in [6, 6.07) is 8.15. The Morgan fingerprint density at radius 2 is 1.95 bits per heavy atom.